The van der Waals surface area contributed by atoms with Gasteiger partial charge in [0.05, 0.1) is 11.2 Å². The molecule has 2 N–H and O–H groups in total. The van der Waals surface area contributed by atoms with Gasteiger partial charge in [-0.25, -0.2) is 0 Å². The second-order valence-electron chi connectivity index (χ2n) is 7.94. The molecule has 9 aliphatic rings. The van der Waals surface area contributed by atoms with Gasteiger partial charge in [-0.3, -0.25) is 4.79 Å². The quantitative estimate of drug-likeness (QED) is 0.599. The lowest BCUT2D eigenvalue weighted by Crippen LogP contribution is -2.58. The Labute approximate surface area is 98.2 Å². The summed E-state index contributed by atoms with van der Waals surface area (Å²) < 4.78 is 0. The van der Waals surface area contributed by atoms with Gasteiger partial charge < -0.3 is 10.2 Å². The summed E-state index contributed by atoms with van der Waals surface area (Å²) in [6.07, 6.45) is 1.04. The lowest BCUT2D eigenvalue weighted by atomic mass is 9.61. The van der Waals surface area contributed by atoms with E-state index >= 15 is 0 Å². The Morgan fingerprint density at radius 3 is 2.00 bits per heavy atom. The highest BCUT2D eigenvalue weighted by molar-refractivity contribution is 5.95. The molecule has 0 saturated heterocycles. The Morgan fingerprint density at radius 2 is 1.53 bits per heavy atom. The van der Waals surface area contributed by atoms with Gasteiger partial charge in [0.2, 0.25) is 0 Å². The second kappa shape index (κ2) is 1.60. The van der Waals surface area contributed by atoms with Gasteiger partial charge in [-0.2, -0.15) is 0 Å². The van der Waals surface area contributed by atoms with Crippen LogP contribution < -0.4 is 0 Å². The lowest BCUT2D eigenvalue weighted by Gasteiger charge is -2.48. The van der Waals surface area contributed by atoms with Crippen molar-refractivity contribution in [3.8, 4) is 0 Å². The van der Waals surface area contributed by atoms with Crippen LogP contribution in [0.5, 0.6) is 0 Å². The first-order valence-electron chi connectivity index (χ1n) is 7.11. The molecule has 12 bridgehead atoms. The highest BCUT2D eigenvalue weighted by Crippen LogP contribution is 2.93. The van der Waals surface area contributed by atoms with Crippen LogP contribution >= 0.6 is 0 Å². The number of hydrogen-bond acceptors (Lipinski definition) is 3. The Bertz CT molecular complexity index is 520. The van der Waals surface area contributed by atoms with E-state index in [4.69, 9.17) is 0 Å². The van der Waals surface area contributed by atoms with Gasteiger partial charge in [-0.1, -0.05) is 0 Å². The molecule has 0 amide bonds. The molecular weight excluding hydrogens is 216 g/mol. The van der Waals surface area contributed by atoms with E-state index in [1.54, 1.807) is 0 Å². The van der Waals surface area contributed by atoms with Gasteiger partial charge in [0.25, 0.3) is 0 Å². The summed E-state index contributed by atoms with van der Waals surface area (Å²) in [5.41, 5.74) is -1.27. The summed E-state index contributed by atoms with van der Waals surface area (Å²) >= 11 is 0. The number of ketones is 1. The van der Waals surface area contributed by atoms with Crippen LogP contribution in [0.2, 0.25) is 0 Å². The summed E-state index contributed by atoms with van der Waals surface area (Å²) in [5, 5.41) is 22.4. The second-order valence-corrected chi connectivity index (χ2v) is 7.94. The molecule has 0 aromatic heterocycles. The van der Waals surface area contributed by atoms with Gasteiger partial charge >= 0.3 is 0 Å². The normalized spacial score (nSPS) is 90.1. The van der Waals surface area contributed by atoms with Crippen LogP contribution in [0.25, 0.3) is 0 Å². The van der Waals surface area contributed by atoms with Crippen LogP contribution in [0, 0.1) is 59.2 Å². The number of carbonyl (C=O) groups is 1. The predicted molar refractivity (Wildman–Crippen MR) is 54.4 cm³/mol. The molecule has 3 nitrogen and oxygen atoms in total. The lowest BCUT2D eigenvalue weighted by molar-refractivity contribution is -0.173. The topological polar surface area (TPSA) is 57.5 Å². The molecule has 0 radical (unpaired) electrons. The average molecular weight is 230 g/mol. The van der Waals surface area contributed by atoms with Gasteiger partial charge in [0.1, 0.15) is 5.78 Å². The van der Waals surface area contributed by atoms with E-state index in [2.05, 4.69) is 0 Å². The highest BCUT2D eigenvalue weighted by Gasteiger charge is 2.99. The molecule has 9 aliphatic carbocycles. The molecule has 88 valence electrons. The molecule has 12 atom stereocenters. The zero-order valence-electron chi connectivity index (χ0n) is 9.28. The first kappa shape index (κ1) is 7.90. The Hall–Kier alpha value is -0.410. The summed E-state index contributed by atoms with van der Waals surface area (Å²) in [7, 11) is 0. The predicted octanol–water partition coefficient (Wildman–Crippen LogP) is -0.335. The van der Waals surface area contributed by atoms with Crippen molar-refractivity contribution in [2.24, 2.45) is 59.2 Å². The average Bonchev–Trinajstić information content (AvgIpc) is 2.92. The summed E-state index contributed by atoms with van der Waals surface area (Å²) in [5.74, 6) is 3.61. The van der Waals surface area contributed by atoms with E-state index in [1.807, 2.05) is 0 Å². The van der Waals surface area contributed by atoms with Crippen LogP contribution in [-0.2, 0) is 4.79 Å². The maximum absolute atomic E-state index is 12.2. The first-order valence-corrected chi connectivity index (χ1v) is 7.11. The minimum Gasteiger partial charge on any atom is -0.389 e. The van der Waals surface area contributed by atoms with Gasteiger partial charge in [0, 0.05) is 29.6 Å². The molecule has 9 rings (SSSR count). The third-order valence-corrected chi connectivity index (χ3v) is 8.32. The summed E-state index contributed by atoms with van der Waals surface area (Å²) in [6, 6.07) is 0. The van der Waals surface area contributed by atoms with E-state index < -0.39 is 11.2 Å². The van der Waals surface area contributed by atoms with Crippen LogP contribution in [0.4, 0.5) is 0 Å². The standard InChI is InChI=1S/C14H14O3/c15-12-6-4-5(6)11-7(12)10(4)13(16)3-1-2-8(13)9(2)14(3,11)17/h2-11,16-17H,1H2/t2?,3?,4-,5-,6?,7?,8-,9+,10-,11+,13+,14-/m0/s1. The van der Waals surface area contributed by atoms with Crippen LogP contribution in [0.1, 0.15) is 6.42 Å². The van der Waals surface area contributed by atoms with E-state index in [1.165, 1.54) is 0 Å². The monoisotopic (exact) mass is 230 g/mol. The zero-order chi connectivity index (χ0) is 11.1. The number of aliphatic hydroxyl groups is 2. The number of rotatable bonds is 0. The summed E-state index contributed by atoms with van der Waals surface area (Å²) in [6.45, 7) is 0. The molecule has 0 aromatic carbocycles. The molecule has 0 heterocycles. The van der Waals surface area contributed by atoms with E-state index in [0.29, 0.717) is 35.4 Å². The molecule has 3 heteroatoms. The van der Waals surface area contributed by atoms with Crippen LogP contribution in [0.15, 0.2) is 0 Å². The fourth-order valence-electron chi connectivity index (χ4n) is 8.46. The van der Waals surface area contributed by atoms with Crippen molar-refractivity contribution >= 4 is 5.78 Å². The Balaban J connectivity index is 1.63. The van der Waals surface area contributed by atoms with Gasteiger partial charge in [-0.05, 0) is 36.0 Å². The molecule has 0 aromatic rings. The first-order chi connectivity index (χ1) is 8.13. The van der Waals surface area contributed by atoms with E-state index in [9.17, 15) is 15.0 Å². The maximum Gasteiger partial charge on any atom is 0.140 e. The minimum atomic E-state index is -0.633. The van der Waals surface area contributed by atoms with E-state index in [0.717, 1.165) is 6.42 Å². The van der Waals surface area contributed by atoms with Crippen molar-refractivity contribution < 1.29 is 15.0 Å². The smallest absolute Gasteiger partial charge is 0.140 e. The number of hydrogen-bond donors (Lipinski definition) is 2. The molecule has 4 unspecified atom stereocenters. The molecule has 0 spiro atoms. The van der Waals surface area contributed by atoms with Crippen LogP contribution in [0.3, 0.4) is 0 Å². The molecule has 0 aliphatic heterocycles. The minimum absolute atomic E-state index is 0.0489. The number of Topliss-reactive ketones (excluding diaryl/α,β-unsaturated/α-hetero) is 1. The third kappa shape index (κ3) is 0.412. The van der Waals surface area contributed by atoms with Gasteiger partial charge in [0.15, 0.2) is 0 Å². The third-order valence-electron chi connectivity index (χ3n) is 8.32. The van der Waals surface area contributed by atoms with Crippen molar-refractivity contribution in [3.05, 3.63) is 0 Å². The number of carbonyl (C=O) groups excluding carboxylic acids is 1. The molecule has 9 fully saturated rings. The van der Waals surface area contributed by atoms with Crippen molar-refractivity contribution in [2.75, 3.05) is 0 Å². The Kier molecular flexibility index (Phi) is 0.742. The fraction of sp³-hybridized carbons (Fsp3) is 0.929. The van der Waals surface area contributed by atoms with E-state index in [-0.39, 0.29) is 29.6 Å². The Morgan fingerprint density at radius 1 is 0.941 bits per heavy atom. The van der Waals surface area contributed by atoms with Crippen molar-refractivity contribution in [3.63, 3.8) is 0 Å². The zero-order valence-corrected chi connectivity index (χ0v) is 9.28. The molecule has 17 heavy (non-hydrogen) atoms. The molecular formula is C14H14O3. The van der Waals surface area contributed by atoms with Crippen molar-refractivity contribution in [2.45, 2.75) is 17.6 Å². The highest BCUT2D eigenvalue weighted by atomic mass is 16.3. The van der Waals surface area contributed by atoms with Crippen LogP contribution in [-0.4, -0.2) is 27.2 Å². The van der Waals surface area contributed by atoms with Crippen molar-refractivity contribution in [1.29, 1.82) is 0 Å². The van der Waals surface area contributed by atoms with Gasteiger partial charge in [-0.15, -0.1) is 0 Å². The largest absolute Gasteiger partial charge is 0.389 e. The maximum atomic E-state index is 12.2. The summed E-state index contributed by atoms with van der Waals surface area (Å²) in [4.78, 5) is 12.2. The van der Waals surface area contributed by atoms with Crippen molar-refractivity contribution in [1.82, 2.24) is 0 Å². The fourth-order valence-corrected chi connectivity index (χ4v) is 8.46. The SMILES string of the molecule is O=C1C2[C@@H]3[C@@H]2[C@@H]2C1[C@H]3[C@@]1(O)C3CC4[C@H]([C@H]41)[C@@]32O. The molecule has 9 saturated carbocycles.